The summed E-state index contributed by atoms with van der Waals surface area (Å²) >= 11 is 0. The molecule has 1 aliphatic carbocycles. The van der Waals surface area contributed by atoms with Gasteiger partial charge < -0.3 is 14.8 Å². The fourth-order valence-corrected chi connectivity index (χ4v) is 3.03. The largest absolute Gasteiger partial charge is 0.365 e. The van der Waals surface area contributed by atoms with Crippen LogP contribution in [0.5, 0.6) is 0 Å². The van der Waals surface area contributed by atoms with Crippen molar-refractivity contribution in [2.24, 2.45) is 5.92 Å². The van der Waals surface area contributed by atoms with Crippen molar-refractivity contribution in [1.82, 2.24) is 14.5 Å². The number of anilines is 1. The minimum absolute atomic E-state index is 0.00592. The number of likely N-dealkylation sites (tertiary alicyclic amines) is 1. The molecular formula is C15H24N4O. The van der Waals surface area contributed by atoms with Gasteiger partial charge in [-0.1, -0.05) is 6.92 Å². The van der Waals surface area contributed by atoms with Crippen LogP contribution in [-0.2, 0) is 6.54 Å². The van der Waals surface area contributed by atoms with Crippen LogP contribution in [0, 0.1) is 5.92 Å². The van der Waals surface area contributed by atoms with Gasteiger partial charge in [-0.2, -0.15) is 0 Å². The second-order valence-corrected chi connectivity index (χ2v) is 6.04. The fraction of sp³-hybridized carbons (Fsp3) is 0.733. The summed E-state index contributed by atoms with van der Waals surface area (Å²) in [5.74, 6) is 1.16. The highest BCUT2D eigenvalue weighted by Crippen LogP contribution is 2.31. The number of nitrogens with one attached hydrogen (secondary N) is 1. The van der Waals surface area contributed by atoms with Gasteiger partial charge in [0, 0.05) is 38.1 Å². The zero-order valence-corrected chi connectivity index (χ0v) is 12.2. The lowest BCUT2D eigenvalue weighted by atomic mass is 10.1. The first kappa shape index (κ1) is 13.6. The quantitative estimate of drug-likeness (QED) is 0.856. The molecule has 1 atom stereocenters. The van der Waals surface area contributed by atoms with E-state index >= 15 is 0 Å². The zero-order chi connectivity index (χ0) is 13.9. The minimum Gasteiger partial charge on any atom is -0.365 e. The van der Waals surface area contributed by atoms with Gasteiger partial charge in [-0.3, -0.25) is 4.79 Å². The standard InChI is InChI=1S/C15H24N4O/c1-2-7-18-9-6-16-14(15(18)20)17-10-12-5-8-19(11-12)13-3-4-13/h6,9,12-13H,2-5,7-8,10-11H2,1H3,(H,16,17). The maximum atomic E-state index is 12.2. The van der Waals surface area contributed by atoms with E-state index in [2.05, 4.69) is 22.1 Å². The van der Waals surface area contributed by atoms with E-state index in [1.54, 1.807) is 17.0 Å². The van der Waals surface area contributed by atoms with E-state index in [0.29, 0.717) is 11.7 Å². The van der Waals surface area contributed by atoms with Crippen molar-refractivity contribution in [3.63, 3.8) is 0 Å². The van der Waals surface area contributed by atoms with Gasteiger partial charge in [0.2, 0.25) is 0 Å². The maximum absolute atomic E-state index is 12.2. The summed E-state index contributed by atoms with van der Waals surface area (Å²) in [6, 6.07) is 0.858. The van der Waals surface area contributed by atoms with Gasteiger partial charge in [0.15, 0.2) is 5.82 Å². The Morgan fingerprint density at radius 1 is 1.40 bits per heavy atom. The van der Waals surface area contributed by atoms with Gasteiger partial charge in [-0.25, -0.2) is 4.98 Å². The van der Waals surface area contributed by atoms with Crippen LogP contribution in [0.25, 0.3) is 0 Å². The average Bonchev–Trinajstić information content (AvgIpc) is 3.20. The van der Waals surface area contributed by atoms with Crippen molar-refractivity contribution in [3.8, 4) is 0 Å². The van der Waals surface area contributed by atoms with Crippen LogP contribution in [0.1, 0.15) is 32.6 Å². The first-order valence-electron chi connectivity index (χ1n) is 7.81. The Balaban J connectivity index is 1.55. The van der Waals surface area contributed by atoms with Crippen LogP contribution in [0.3, 0.4) is 0 Å². The van der Waals surface area contributed by atoms with E-state index in [0.717, 1.165) is 25.6 Å². The topological polar surface area (TPSA) is 50.2 Å². The highest BCUT2D eigenvalue weighted by atomic mass is 16.1. The Hall–Kier alpha value is -1.36. The summed E-state index contributed by atoms with van der Waals surface area (Å²) in [4.78, 5) is 19.0. The predicted molar refractivity (Wildman–Crippen MR) is 80.0 cm³/mol. The van der Waals surface area contributed by atoms with Gasteiger partial charge >= 0.3 is 0 Å². The highest BCUT2D eigenvalue weighted by Gasteiger charge is 2.34. The molecule has 1 aromatic heterocycles. The van der Waals surface area contributed by atoms with E-state index in [-0.39, 0.29) is 5.56 Å². The molecule has 1 unspecified atom stereocenters. The van der Waals surface area contributed by atoms with E-state index in [4.69, 9.17) is 0 Å². The second kappa shape index (κ2) is 5.95. The highest BCUT2D eigenvalue weighted by molar-refractivity contribution is 5.30. The molecule has 3 rings (SSSR count). The minimum atomic E-state index is 0.00592. The molecule has 0 radical (unpaired) electrons. The molecule has 1 saturated heterocycles. The summed E-state index contributed by atoms with van der Waals surface area (Å²) in [7, 11) is 0. The van der Waals surface area contributed by atoms with Gasteiger partial charge in [-0.05, 0) is 38.1 Å². The first-order chi connectivity index (χ1) is 9.78. The van der Waals surface area contributed by atoms with Gasteiger partial charge in [0.25, 0.3) is 5.56 Å². The lowest BCUT2D eigenvalue weighted by molar-refractivity contribution is 0.316. The Morgan fingerprint density at radius 2 is 2.25 bits per heavy atom. The first-order valence-corrected chi connectivity index (χ1v) is 7.81. The number of hydrogen-bond acceptors (Lipinski definition) is 4. The third-order valence-corrected chi connectivity index (χ3v) is 4.32. The van der Waals surface area contributed by atoms with Crippen molar-refractivity contribution < 1.29 is 0 Å². The molecular weight excluding hydrogens is 252 g/mol. The molecule has 20 heavy (non-hydrogen) atoms. The average molecular weight is 276 g/mol. The van der Waals surface area contributed by atoms with Crippen LogP contribution < -0.4 is 10.9 Å². The fourth-order valence-electron chi connectivity index (χ4n) is 3.03. The molecule has 2 fully saturated rings. The van der Waals surface area contributed by atoms with Crippen molar-refractivity contribution >= 4 is 5.82 Å². The van der Waals surface area contributed by atoms with Crippen molar-refractivity contribution in [3.05, 3.63) is 22.7 Å². The van der Waals surface area contributed by atoms with Gasteiger partial charge in [0.05, 0.1) is 0 Å². The molecule has 0 aromatic carbocycles. The molecule has 110 valence electrons. The zero-order valence-electron chi connectivity index (χ0n) is 12.2. The third kappa shape index (κ3) is 3.03. The number of rotatable bonds is 6. The molecule has 2 aliphatic rings. The monoisotopic (exact) mass is 276 g/mol. The second-order valence-electron chi connectivity index (χ2n) is 6.04. The molecule has 1 N–H and O–H groups in total. The van der Waals surface area contributed by atoms with Gasteiger partial charge in [-0.15, -0.1) is 0 Å². The summed E-state index contributed by atoms with van der Waals surface area (Å²) in [5, 5.41) is 3.26. The Morgan fingerprint density at radius 3 is 3.00 bits per heavy atom. The van der Waals surface area contributed by atoms with Crippen molar-refractivity contribution in [2.75, 3.05) is 25.0 Å². The number of aromatic nitrogens is 2. The lowest BCUT2D eigenvalue weighted by Crippen LogP contribution is -2.28. The summed E-state index contributed by atoms with van der Waals surface area (Å²) in [6.45, 7) is 6.09. The summed E-state index contributed by atoms with van der Waals surface area (Å²) in [6.07, 6.45) is 8.43. The molecule has 0 amide bonds. The van der Waals surface area contributed by atoms with Crippen LogP contribution in [0.15, 0.2) is 17.2 Å². The molecule has 0 bridgehead atoms. The SMILES string of the molecule is CCCn1ccnc(NCC2CCN(C3CC3)C2)c1=O. The molecule has 2 heterocycles. The van der Waals surface area contributed by atoms with Crippen molar-refractivity contribution in [1.29, 1.82) is 0 Å². The Bertz CT molecular complexity index is 509. The van der Waals surface area contributed by atoms with Crippen LogP contribution in [-0.4, -0.2) is 40.1 Å². The van der Waals surface area contributed by atoms with Crippen molar-refractivity contribution in [2.45, 2.75) is 45.2 Å². The molecule has 1 aliphatic heterocycles. The molecule has 5 nitrogen and oxygen atoms in total. The summed E-state index contributed by atoms with van der Waals surface area (Å²) < 4.78 is 1.74. The van der Waals surface area contributed by atoms with E-state index < -0.39 is 0 Å². The number of hydrogen-bond donors (Lipinski definition) is 1. The summed E-state index contributed by atoms with van der Waals surface area (Å²) in [5.41, 5.74) is 0.00592. The van der Waals surface area contributed by atoms with Gasteiger partial charge in [0.1, 0.15) is 0 Å². The van der Waals surface area contributed by atoms with Crippen LogP contribution in [0.2, 0.25) is 0 Å². The molecule has 5 heteroatoms. The molecule has 1 saturated carbocycles. The van der Waals surface area contributed by atoms with E-state index in [1.165, 1.54) is 32.4 Å². The smallest absolute Gasteiger partial charge is 0.293 e. The third-order valence-electron chi connectivity index (χ3n) is 4.32. The molecule has 0 spiro atoms. The van der Waals surface area contributed by atoms with E-state index in [1.807, 2.05) is 0 Å². The van der Waals surface area contributed by atoms with Crippen LogP contribution >= 0.6 is 0 Å². The predicted octanol–water partition coefficient (Wildman–Crippen LogP) is 1.55. The molecule has 1 aromatic rings. The lowest BCUT2D eigenvalue weighted by Gasteiger charge is -2.15. The Labute approximate surface area is 120 Å². The van der Waals surface area contributed by atoms with E-state index in [9.17, 15) is 4.79 Å². The van der Waals surface area contributed by atoms with Crippen LogP contribution in [0.4, 0.5) is 5.82 Å². The Kier molecular flexibility index (Phi) is 4.05. The maximum Gasteiger partial charge on any atom is 0.293 e. The number of nitrogens with zero attached hydrogens (tertiary/aromatic N) is 3. The number of aryl methyl sites for hydroxylation is 1. The normalized spacial score (nSPS) is 23.1.